The number of alkyl halides is 6. The maximum atomic E-state index is 12.6. The molecule has 6 rings (SSSR count). The second-order valence-corrected chi connectivity index (χ2v) is 13.2. The number of nitrogens with two attached hydrogens (primary N) is 1. The highest BCUT2D eigenvalue weighted by atomic mass is 35.5. The molecule has 0 unspecified atom stereocenters. The zero-order valence-electron chi connectivity index (χ0n) is 31.5. The molecule has 2 aromatic carbocycles. The fourth-order valence-electron chi connectivity index (χ4n) is 4.80. The van der Waals surface area contributed by atoms with Gasteiger partial charge in [0.1, 0.15) is 35.0 Å². The number of hydrogen-bond acceptors (Lipinski definition) is 10. The van der Waals surface area contributed by atoms with E-state index in [1.807, 2.05) is 38.1 Å². The number of ether oxygens (including phenoxy) is 2. The number of anilines is 1. The summed E-state index contributed by atoms with van der Waals surface area (Å²) in [5.74, 6) is 1.81. The van der Waals surface area contributed by atoms with Crippen molar-refractivity contribution in [2.75, 3.05) is 18.4 Å². The van der Waals surface area contributed by atoms with Crippen LogP contribution in [-0.4, -0.2) is 43.0 Å². The lowest BCUT2D eigenvalue weighted by atomic mass is 10.1. The summed E-state index contributed by atoms with van der Waals surface area (Å²) < 4.78 is 85.7. The highest BCUT2D eigenvalue weighted by molar-refractivity contribution is 6.41. The molecule has 0 aliphatic rings. The van der Waals surface area contributed by atoms with Crippen LogP contribution < -0.4 is 20.5 Å². The van der Waals surface area contributed by atoms with E-state index >= 15 is 0 Å². The molecule has 0 radical (unpaired) electrons. The largest absolute Gasteiger partial charge is 0.439 e. The Morgan fingerprint density at radius 1 is 0.576 bits per heavy atom. The SMILES string of the molecule is CCc1ncnc(Cl)c1Cl.CCc1ncnc(NCCc2ccc(Oc3ccc(C(F)(F)F)cn3)cc2)c1Cl.NCCc1ccc(Oc2ccc(C(F)(F)F)cn2)cc1. The second kappa shape index (κ2) is 22.2. The normalized spacial score (nSPS) is 11.1. The van der Waals surface area contributed by atoms with Crippen molar-refractivity contribution in [2.45, 2.75) is 51.9 Å². The minimum absolute atomic E-state index is 0.0950. The van der Waals surface area contributed by atoms with Gasteiger partial charge in [0.05, 0.1) is 27.5 Å². The van der Waals surface area contributed by atoms with Gasteiger partial charge in [-0.25, -0.2) is 29.9 Å². The quantitative estimate of drug-likeness (QED) is 0.0904. The molecular weight excluding hydrogens is 845 g/mol. The second-order valence-electron chi connectivity index (χ2n) is 12.1. The Morgan fingerprint density at radius 3 is 1.44 bits per heavy atom. The monoisotopic (exact) mass is 880 g/mol. The van der Waals surface area contributed by atoms with Gasteiger partial charge in [-0.15, -0.1) is 0 Å². The molecule has 0 aliphatic carbocycles. The highest BCUT2D eigenvalue weighted by Crippen LogP contribution is 2.31. The zero-order valence-corrected chi connectivity index (χ0v) is 33.7. The van der Waals surface area contributed by atoms with Crippen molar-refractivity contribution in [3.8, 4) is 23.3 Å². The first kappa shape index (κ1) is 46.4. The summed E-state index contributed by atoms with van der Waals surface area (Å²) in [6, 6.07) is 18.6. The van der Waals surface area contributed by atoms with Gasteiger partial charge in [-0.2, -0.15) is 26.3 Å². The lowest BCUT2D eigenvalue weighted by molar-refractivity contribution is -0.138. The third-order valence-electron chi connectivity index (χ3n) is 7.91. The molecule has 312 valence electrons. The standard InChI is InChI=1S/C20H18ClF3N4O.C14H13F3N2O.C6H6Cl2N2/c1-2-16-18(21)19(28-12-27-16)25-10-9-13-3-6-15(7-4-13)29-17-8-5-14(11-26-17)20(22,23)24;15-14(16,17)11-3-6-13(19-9-11)20-12-4-1-10(2-5-12)7-8-18;1-2-4-5(7)6(8)10-3-9-4/h3-8,11-12H,2,9-10H2,1H3,(H,25,27,28);1-6,9H,7-8,18H2;3H,2H2,1H3. The van der Waals surface area contributed by atoms with Crippen molar-refractivity contribution in [1.29, 1.82) is 0 Å². The van der Waals surface area contributed by atoms with Gasteiger partial charge in [-0.3, -0.25) is 0 Å². The third kappa shape index (κ3) is 14.8. The Bertz CT molecular complexity index is 2200. The summed E-state index contributed by atoms with van der Waals surface area (Å²) in [6.07, 6.45) is -1.44. The Morgan fingerprint density at radius 2 is 1.03 bits per heavy atom. The molecule has 10 nitrogen and oxygen atoms in total. The zero-order chi connectivity index (χ0) is 43.0. The van der Waals surface area contributed by atoms with Gasteiger partial charge in [0.2, 0.25) is 11.8 Å². The Balaban J connectivity index is 0.000000220. The molecule has 19 heteroatoms. The van der Waals surface area contributed by atoms with E-state index in [-0.39, 0.29) is 11.8 Å². The van der Waals surface area contributed by atoms with Crippen molar-refractivity contribution in [3.05, 3.63) is 147 Å². The van der Waals surface area contributed by atoms with Gasteiger partial charge >= 0.3 is 12.4 Å². The number of aryl methyl sites for hydroxylation is 2. The Kier molecular flexibility index (Phi) is 17.4. The van der Waals surface area contributed by atoms with Gasteiger partial charge in [0.25, 0.3) is 0 Å². The van der Waals surface area contributed by atoms with E-state index in [1.54, 1.807) is 24.3 Å². The van der Waals surface area contributed by atoms with E-state index in [0.29, 0.717) is 45.6 Å². The third-order valence-corrected chi connectivity index (χ3v) is 9.09. The van der Waals surface area contributed by atoms with Crippen LogP contribution in [0.15, 0.2) is 97.8 Å². The number of nitrogens with one attached hydrogen (secondary N) is 1. The number of halogens is 9. The molecule has 3 N–H and O–H groups in total. The predicted octanol–water partition coefficient (Wildman–Crippen LogP) is 11.3. The molecule has 0 bridgehead atoms. The number of hydrogen-bond donors (Lipinski definition) is 2. The van der Waals surface area contributed by atoms with Crippen molar-refractivity contribution >= 4 is 40.6 Å². The van der Waals surface area contributed by atoms with Crippen molar-refractivity contribution in [1.82, 2.24) is 29.9 Å². The van der Waals surface area contributed by atoms with Crippen LogP contribution in [0.1, 0.15) is 47.5 Å². The van der Waals surface area contributed by atoms with E-state index in [0.717, 1.165) is 72.7 Å². The molecule has 0 atom stereocenters. The molecule has 0 saturated carbocycles. The van der Waals surface area contributed by atoms with Crippen LogP contribution in [0.5, 0.6) is 23.3 Å². The van der Waals surface area contributed by atoms with Crippen LogP contribution in [0, 0.1) is 0 Å². The van der Waals surface area contributed by atoms with E-state index in [9.17, 15) is 26.3 Å². The molecule has 0 aliphatic heterocycles. The van der Waals surface area contributed by atoms with Crippen LogP contribution in [-0.2, 0) is 38.0 Å². The van der Waals surface area contributed by atoms with E-state index < -0.39 is 23.5 Å². The molecule has 0 fully saturated rings. The number of pyridine rings is 2. The summed E-state index contributed by atoms with van der Waals surface area (Å²) >= 11 is 17.6. The lowest BCUT2D eigenvalue weighted by Gasteiger charge is -2.10. The summed E-state index contributed by atoms with van der Waals surface area (Å²) in [4.78, 5) is 23.2. The first-order chi connectivity index (χ1) is 28.1. The summed E-state index contributed by atoms with van der Waals surface area (Å²) in [5.41, 5.74) is 7.52. The average molecular weight is 882 g/mol. The van der Waals surface area contributed by atoms with E-state index in [4.69, 9.17) is 50.0 Å². The number of nitrogens with zero attached hydrogens (tertiary/aromatic N) is 6. The minimum atomic E-state index is -4.42. The maximum Gasteiger partial charge on any atom is 0.417 e. The summed E-state index contributed by atoms with van der Waals surface area (Å²) in [5, 5.41) is 4.51. The van der Waals surface area contributed by atoms with Crippen LogP contribution in [0.25, 0.3) is 0 Å². The average Bonchev–Trinajstić information content (AvgIpc) is 3.21. The van der Waals surface area contributed by atoms with Crippen LogP contribution >= 0.6 is 34.8 Å². The van der Waals surface area contributed by atoms with Crippen LogP contribution in [0.3, 0.4) is 0 Å². The van der Waals surface area contributed by atoms with E-state index in [2.05, 4.69) is 35.2 Å². The molecule has 0 spiro atoms. The molecule has 4 aromatic heterocycles. The highest BCUT2D eigenvalue weighted by Gasteiger charge is 2.31. The maximum absolute atomic E-state index is 12.6. The minimum Gasteiger partial charge on any atom is -0.439 e. The summed E-state index contributed by atoms with van der Waals surface area (Å²) in [7, 11) is 0. The van der Waals surface area contributed by atoms with Crippen molar-refractivity contribution in [2.24, 2.45) is 5.73 Å². The molecular formula is C40H37Cl3F6N8O2. The van der Waals surface area contributed by atoms with Crippen LogP contribution in [0.2, 0.25) is 15.2 Å². The Labute approximate surface area is 351 Å². The molecule has 4 heterocycles. The fourth-order valence-corrected chi connectivity index (χ4v) is 5.48. The number of aromatic nitrogens is 6. The topological polar surface area (TPSA) is 134 Å². The number of benzene rings is 2. The molecule has 0 saturated heterocycles. The number of rotatable bonds is 12. The van der Waals surface area contributed by atoms with Crippen molar-refractivity contribution in [3.63, 3.8) is 0 Å². The molecule has 0 amide bonds. The smallest absolute Gasteiger partial charge is 0.417 e. The molecule has 6 aromatic rings. The predicted molar refractivity (Wildman–Crippen MR) is 214 cm³/mol. The Hall–Kier alpha value is -5.29. The first-order valence-electron chi connectivity index (χ1n) is 17.8. The van der Waals surface area contributed by atoms with Gasteiger partial charge in [0, 0.05) is 31.1 Å². The van der Waals surface area contributed by atoms with Gasteiger partial charge in [0.15, 0.2) is 5.15 Å². The lowest BCUT2D eigenvalue weighted by Crippen LogP contribution is -2.08. The first-order valence-corrected chi connectivity index (χ1v) is 18.9. The fraction of sp³-hybridized carbons (Fsp3) is 0.250. The van der Waals surface area contributed by atoms with Gasteiger partial charge in [-0.05, 0) is 79.8 Å². The van der Waals surface area contributed by atoms with Gasteiger partial charge in [-0.1, -0.05) is 72.9 Å². The van der Waals surface area contributed by atoms with Crippen LogP contribution in [0.4, 0.5) is 32.2 Å². The summed E-state index contributed by atoms with van der Waals surface area (Å²) in [6.45, 7) is 5.12. The van der Waals surface area contributed by atoms with Crippen molar-refractivity contribution < 1.29 is 35.8 Å². The van der Waals surface area contributed by atoms with E-state index in [1.165, 1.54) is 24.8 Å². The molecule has 59 heavy (non-hydrogen) atoms. The van der Waals surface area contributed by atoms with Gasteiger partial charge < -0.3 is 20.5 Å².